The first kappa shape index (κ1) is 17.0. The average Bonchev–Trinajstić information content (AvgIpc) is 2.31. The van der Waals surface area contributed by atoms with Gasteiger partial charge in [-0.25, -0.2) is 4.79 Å². The summed E-state index contributed by atoms with van der Waals surface area (Å²) >= 11 is 0. The Bertz CT molecular complexity index is 304. The normalized spacial score (nSPS) is 19.9. The molecule has 1 saturated heterocycles. The van der Waals surface area contributed by atoms with Crippen LogP contribution in [-0.4, -0.2) is 35.5 Å². The van der Waals surface area contributed by atoms with Gasteiger partial charge in [0.2, 0.25) is 0 Å². The quantitative estimate of drug-likeness (QED) is 0.676. The van der Waals surface area contributed by atoms with Gasteiger partial charge in [-0.3, -0.25) is 4.79 Å². The van der Waals surface area contributed by atoms with Gasteiger partial charge in [0.05, 0.1) is 0 Å². The topological polar surface area (TPSA) is 46.6 Å². The monoisotopic (exact) mass is 283 g/mol. The summed E-state index contributed by atoms with van der Waals surface area (Å²) in [6.45, 7) is 7.17. The van der Waals surface area contributed by atoms with Gasteiger partial charge < -0.3 is 9.64 Å². The van der Waals surface area contributed by atoms with E-state index < -0.39 is 5.60 Å². The molecule has 1 aliphatic heterocycles. The van der Waals surface area contributed by atoms with Crippen LogP contribution < -0.4 is 0 Å². The summed E-state index contributed by atoms with van der Waals surface area (Å²) in [5.41, 5.74) is -0.437. The maximum Gasteiger partial charge on any atom is 0.410 e. The Morgan fingerprint density at radius 2 is 1.45 bits per heavy atom. The summed E-state index contributed by atoms with van der Waals surface area (Å²) in [7, 11) is 0. The van der Waals surface area contributed by atoms with E-state index in [0.29, 0.717) is 18.6 Å². The van der Waals surface area contributed by atoms with Gasteiger partial charge in [-0.15, -0.1) is 0 Å². The van der Waals surface area contributed by atoms with E-state index in [-0.39, 0.29) is 6.09 Å². The van der Waals surface area contributed by atoms with Gasteiger partial charge in [0.1, 0.15) is 11.4 Å². The summed E-state index contributed by atoms with van der Waals surface area (Å²) in [6, 6.07) is 0. The molecule has 1 rings (SSSR count). The van der Waals surface area contributed by atoms with Crippen LogP contribution in [0.3, 0.4) is 0 Å². The third-order valence-electron chi connectivity index (χ3n) is 3.42. The Hall–Kier alpha value is -1.06. The van der Waals surface area contributed by atoms with E-state index in [2.05, 4.69) is 0 Å². The molecule has 0 saturated carbocycles. The van der Waals surface area contributed by atoms with E-state index in [1.54, 1.807) is 0 Å². The second-order valence-electron chi connectivity index (χ2n) is 6.63. The Labute approximate surface area is 122 Å². The largest absolute Gasteiger partial charge is 0.444 e. The van der Waals surface area contributed by atoms with Gasteiger partial charge in [-0.05, 0) is 46.5 Å². The van der Waals surface area contributed by atoms with Gasteiger partial charge in [-0.1, -0.05) is 12.8 Å². The molecule has 20 heavy (non-hydrogen) atoms. The Balaban J connectivity index is 2.48. The maximum absolute atomic E-state index is 12.1. The molecule has 0 atom stereocenters. The highest BCUT2D eigenvalue weighted by Crippen LogP contribution is 2.14. The lowest BCUT2D eigenvalue weighted by atomic mass is 10.0. The minimum absolute atomic E-state index is 0.203. The fourth-order valence-electron chi connectivity index (χ4n) is 2.35. The molecule has 1 aliphatic rings. The fourth-order valence-corrected chi connectivity index (χ4v) is 2.35. The number of amides is 1. The highest BCUT2D eigenvalue weighted by molar-refractivity contribution is 5.78. The Morgan fingerprint density at radius 3 is 1.90 bits per heavy atom. The van der Waals surface area contributed by atoms with Crippen LogP contribution in [0.15, 0.2) is 0 Å². The molecule has 0 aromatic carbocycles. The lowest BCUT2D eigenvalue weighted by Gasteiger charge is -2.27. The highest BCUT2D eigenvalue weighted by Gasteiger charge is 2.21. The van der Waals surface area contributed by atoms with Crippen molar-refractivity contribution in [1.29, 1.82) is 0 Å². The van der Waals surface area contributed by atoms with Crippen LogP contribution >= 0.6 is 0 Å². The van der Waals surface area contributed by atoms with Gasteiger partial charge in [0, 0.05) is 25.9 Å². The van der Waals surface area contributed by atoms with Crippen molar-refractivity contribution in [1.82, 2.24) is 4.90 Å². The second kappa shape index (κ2) is 8.28. The summed E-state index contributed by atoms with van der Waals surface area (Å²) in [4.78, 5) is 25.5. The molecule has 0 aliphatic carbocycles. The first-order valence-electron chi connectivity index (χ1n) is 7.88. The molecule has 0 N–H and O–H groups in total. The number of hydrogen-bond donors (Lipinski definition) is 0. The molecule has 1 amide bonds. The van der Waals surface area contributed by atoms with E-state index in [9.17, 15) is 9.59 Å². The average molecular weight is 283 g/mol. The summed E-state index contributed by atoms with van der Waals surface area (Å²) in [6.07, 6.45) is 7.00. The molecule has 0 unspecified atom stereocenters. The molecule has 0 radical (unpaired) electrons. The zero-order chi connectivity index (χ0) is 15.0. The summed E-state index contributed by atoms with van der Waals surface area (Å²) in [5.74, 6) is 0.398. The van der Waals surface area contributed by atoms with E-state index in [4.69, 9.17) is 4.74 Å². The van der Waals surface area contributed by atoms with Crippen LogP contribution in [0.5, 0.6) is 0 Å². The van der Waals surface area contributed by atoms with E-state index in [0.717, 1.165) is 51.6 Å². The molecule has 1 fully saturated rings. The maximum atomic E-state index is 12.1. The third kappa shape index (κ3) is 7.51. The third-order valence-corrected chi connectivity index (χ3v) is 3.42. The van der Waals surface area contributed by atoms with Crippen molar-refractivity contribution in [2.45, 2.75) is 77.7 Å². The van der Waals surface area contributed by atoms with E-state index in [1.165, 1.54) is 0 Å². The Kier molecular flexibility index (Phi) is 7.03. The number of ketones is 1. The predicted molar refractivity (Wildman–Crippen MR) is 79.8 cm³/mol. The van der Waals surface area contributed by atoms with Crippen LogP contribution in [-0.2, 0) is 9.53 Å². The number of hydrogen-bond acceptors (Lipinski definition) is 3. The van der Waals surface area contributed by atoms with Crippen molar-refractivity contribution in [2.24, 2.45) is 0 Å². The van der Waals surface area contributed by atoms with Crippen molar-refractivity contribution < 1.29 is 14.3 Å². The van der Waals surface area contributed by atoms with E-state index >= 15 is 0 Å². The number of carbonyl (C=O) groups is 2. The molecule has 0 bridgehead atoms. The van der Waals surface area contributed by atoms with Gasteiger partial charge in [0.25, 0.3) is 0 Å². The van der Waals surface area contributed by atoms with Crippen LogP contribution in [0.1, 0.15) is 72.1 Å². The van der Waals surface area contributed by atoms with Crippen molar-refractivity contribution in [3.05, 3.63) is 0 Å². The smallest absolute Gasteiger partial charge is 0.410 e. The van der Waals surface area contributed by atoms with Crippen LogP contribution in [0.2, 0.25) is 0 Å². The van der Waals surface area contributed by atoms with Gasteiger partial charge in [0.15, 0.2) is 0 Å². The number of carbonyl (C=O) groups excluding carboxylic acids is 2. The molecule has 1 heterocycles. The van der Waals surface area contributed by atoms with Crippen LogP contribution in [0, 0.1) is 0 Å². The first-order valence-corrected chi connectivity index (χ1v) is 7.88. The van der Waals surface area contributed by atoms with Crippen LogP contribution in [0.25, 0.3) is 0 Å². The first-order chi connectivity index (χ1) is 9.38. The number of ether oxygens (including phenoxy) is 1. The van der Waals surface area contributed by atoms with Crippen molar-refractivity contribution in [2.75, 3.05) is 13.1 Å². The van der Waals surface area contributed by atoms with Gasteiger partial charge in [-0.2, -0.15) is 0 Å². The lowest BCUT2D eigenvalue weighted by molar-refractivity contribution is -0.119. The molecule has 0 spiro atoms. The molecule has 116 valence electrons. The van der Waals surface area contributed by atoms with E-state index in [1.807, 2.05) is 25.7 Å². The molecule has 4 nitrogen and oxygen atoms in total. The molecule has 0 aromatic rings. The lowest BCUT2D eigenvalue weighted by Crippen LogP contribution is -2.38. The molecule has 4 heteroatoms. The van der Waals surface area contributed by atoms with Gasteiger partial charge >= 0.3 is 6.09 Å². The number of rotatable bonds is 0. The minimum atomic E-state index is -0.437. The fraction of sp³-hybridized carbons (Fsp3) is 0.875. The second-order valence-corrected chi connectivity index (χ2v) is 6.63. The standard InChI is InChI=1S/C16H29NO3/c1-16(2,3)20-15(19)17-12-8-4-6-10-14(18)11-7-5-9-13-17/h4-13H2,1-3H3. The van der Waals surface area contributed by atoms with Crippen molar-refractivity contribution in [3.63, 3.8) is 0 Å². The van der Waals surface area contributed by atoms with Crippen molar-refractivity contribution in [3.8, 4) is 0 Å². The molecule has 0 aromatic heterocycles. The number of Topliss-reactive ketones (excluding diaryl/α,β-unsaturated/α-hetero) is 1. The van der Waals surface area contributed by atoms with Crippen LogP contribution in [0.4, 0.5) is 4.79 Å². The minimum Gasteiger partial charge on any atom is -0.444 e. The molecular formula is C16H29NO3. The molecular weight excluding hydrogens is 254 g/mol. The summed E-state index contributed by atoms with van der Waals surface area (Å²) < 4.78 is 5.45. The zero-order valence-electron chi connectivity index (χ0n) is 13.2. The zero-order valence-corrected chi connectivity index (χ0v) is 13.2. The highest BCUT2D eigenvalue weighted by atomic mass is 16.6. The Morgan fingerprint density at radius 1 is 0.950 bits per heavy atom. The SMILES string of the molecule is CC(C)(C)OC(=O)N1CCCCCC(=O)CCCCC1. The predicted octanol–water partition coefficient (Wildman–Crippen LogP) is 3.93. The number of nitrogens with zero attached hydrogens (tertiary/aromatic N) is 1. The van der Waals surface area contributed by atoms with Crippen molar-refractivity contribution >= 4 is 11.9 Å². The summed E-state index contributed by atoms with van der Waals surface area (Å²) in [5, 5.41) is 0.